The van der Waals surface area contributed by atoms with Gasteiger partial charge in [-0.1, -0.05) is 83.3 Å². The van der Waals surface area contributed by atoms with Crippen LogP contribution < -0.4 is 5.32 Å². The molecule has 1 aliphatic heterocycles. The second-order valence-electron chi connectivity index (χ2n) is 9.44. The highest BCUT2D eigenvalue weighted by Gasteiger charge is 2.37. The number of allylic oxidation sites excluding steroid dienone is 2. The van der Waals surface area contributed by atoms with Gasteiger partial charge in [0.2, 0.25) is 5.91 Å². The number of nitrogens with zero attached hydrogens (tertiary/aromatic N) is 2. The molecule has 1 amide bonds. The zero-order valence-electron chi connectivity index (χ0n) is 21.0. The van der Waals surface area contributed by atoms with Crippen LogP contribution in [0.3, 0.4) is 0 Å². The van der Waals surface area contributed by atoms with Crippen molar-refractivity contribution in [3.8, 4) is 0 Å². The third kappa shape index (κ3) is 13.1. The molecule has 0 bridgehead atoms. The van der Waals surface area contributed by atoms with Gasteiger partial charge < -0.3 is 5.32 Å². The summed E-state index contributed by atoms with van der Waals surface area (Å²) in [6.07, 6.45) is 27.5. The maximum Gasteiger partial charge on any atom is 0.217 e. The molecule has 0 saturated carbocycles. The molecule has 4 heteroatoms. The van der Waals surface area contributed by atoms with Crippen LogP contribution in [0.5, 0.6) is 0 Å². The van der Waals surface area contributed by atoms with Crippen molar-refractivity contribution in [1.82, 2.24) is 5.32 Å². The molecule has 1 rings (SSSR count). The van der Waals surface area contributed by atoms with E-state index in [-0.39, 0.29) is 5.91 Å². The number of amides is 1. The number of carbonyl (C=O) groups is 1. The Balaban J connectivity index is 1.95. The molecule has 4 nitrogen and oxygen atoms in total. The zero-order chi connectivity index (χ0) is 22.6. The average Bonchev–Trinajstić information content (AvgIpc) is 3.16. The molecule has 0 saturated heterocycles. The van der Waals surface area contributed by atoms with Crippen molar-refractivity contribution in [3.63, 3.8) is 0 Å². The van der Waals surface area contributed by atoms with Gasteiger partial charge in [0.15, 0.2) is 6.17 Å². The van der Waals surface area contributed by atoms with Crippen molar-refractivity contribution in [3.05, 3.63) is 12.2 Å². The van der Waals surface area contributed by atoms with Crippen LogP contribution in [0.15, 0.2) is 17.1 Å². The highest BCUT2D eigenvalue weighted by Crippen LogP contribution is 2.24. The van der Waals surface area contributed by atoms with Crippen molar-refractivity contribution in [2.45, 2.75) is 123 Å². The Kier molecular flexibility index (Phi) is 16.6. The van der Waals surface area contributed by atoms with E-state index in [9.17, 15) is 4.79 Å². The van der Waals surface area contributed by atoms with Gasteiger partial charge in [-0.05, 0) is 32.6 Å². The summed E-state index contributed by atoms with van der Waals surface area (Å²) in [5.74, 6) is 0.0707. The predicted molar refractivity (Wildman–Crippen MR) is 136 cm³/mol. The van der Waals surface area contributed by atoms with Gasteiger partial charge in [-0.25, -0.2) is 4.99 Å². The molecular weight excluding hydrogens is 382 g/mol. The minimum Gasteiger partial charge on any atom is -0.351 e. The number of likely N-dealkylation sites (N-methyl/N-ethyl adjacent to an activating group) is 1. The van der Waals surface area contributed by atoms with Crippen molar-refractivity contribution in [1.29, 1.82) is 0 Å². The third-order valence-electron chi connectivity index (χ3n) is 6.90. The minimum absolute atomic E-state index is 0.0707. The first kappa shape index (κ1) is 27.9. The van der Waals surface area contributed by atoms with Crippen LogP contribution in [-0.2, 0) is 4.79 Å². The van der Waals surface area contributed by atoms with E-state index in [4.69, 9.17) is 4.99 Å². The molecule has 1 N–H and O–H groups in total. The summed E-state index contributed by atoms with van der Waals surface area (Å²) in [4.78, 5) is 16.0. The number of hydrogen-bond acceptors (Lipinski definition) is 2. The second-order valence-corrected chi connectivity index (χ2v) is 9.44. The molecule has 0 fully saturated rings. The van der Waals surface area contributed by atoms with Crippen LogP contribution in [0, 0.1) is 0 Å². The molecule has 1 heterocycles. The van der Waals surface area contributed by atoms with E-state index in [0.29, 0.717) is 6.17 Å². The lowest BCUT2D eigenvalue weighted by atomic mass is 10.0. The largest absolute Gasteiger partial charge is 0.351 e. The first-order valence-corrected chi connectivity index (χ1v) is 13.4. The average molecular weight is 435 g/mol. The van der Waals surface area contributed by atoms with Gasteiger partial charge in [-0.2, -0.15) is 0 Å². The maximum absolute atomic E-state index is 11.2. The lowest BCUT2D eigenvalue weighted by Crippen LogP contribution is -2.55. The van der Waals surface area contributed by atoms with Gasteiger partial charge in [-0.3, -0.25) is 9.28 Å². The smallest absolute Gasteiger partial charge is 0.217 e. The van der Waals surface area contributed by atoms with Gasteiger partial charge in [-0.15, -0.1) is 0 Å². The Hall–Kier alpha value is -1.16. The monoisotopic (exact) mass is 434 g/mol. The van der Waals surface area contributed by atoms with E-state index < -0.39 is 0 Å². The summed E-state index contributed by atoms with van der Waals surface area (Å²) < 4.78 is 1.02. The maximum atomic E-state index is 11.2. The summed E-state index contributed by atoms with van der Waals surface area (Å²) in [6, 6.07) is 0. The summed E-state index contributed by atoms with van der Waals surface area (Å²) in [7, 11) is 0. The molecule has 0 aromatic heterocycles. The van der Waals surface area contributed by atoms with Crippen LogP contribution in [0.25, 0.3) is 0 Å². The first-order valence-electron chi connectivity index (χ1n) is 13.4. The molecule has 1 aliphatic rings. The predicted octanol–water partition coefficient (Wildman–Crippen LogP) is 6.80. The minimum atomic E-state index is 0.0707. The fourth-order valence-electron chi connectivity index (χ4n) is 4.78. The van der Waals surface area contributed by atoms with Gasteiger partial charge in [0, 0.05) is 13.3 Å². The number of carbonyl (C=O) groups excluding carboxylic acids is 1. The first-order chi connectivity index (χ1) is 15.1. The van der Waals surface area contributed by atoms with E-state index in [0.717, 1.165) is 30.7 Å². The molecule has 2 unspecified atom stereocenters. The highest BCUT2D eigenvalue weighted by molar-refractivity contribution is 5.72. The quantitative estimate of drug-likeness (QED) is 0.128. The van der Waals surface area contributed by atoms with Crippen molar-refractivity contribution in [2.75, 3.05) is 26.2 Å². The Morgan fingerprint density at radius 3 is 2.06 bits per heavy atom. The lowest BCUT2D eigenvalue weighted by molar-refractivity contribution is -0.935. The Morgan fingerprint density at radius 1 is 0.935 bits per heavy atom. The standard InChI is InChI=1S/C27H51N3O/c1-4-6-7-8-9-10-11-12-13-14-15-16-17-18-19-20-21-27-29-23-25-30(27,5-2)24-22-28-26(3)31/h6-7,23,27H,4-5,8-22,24-25H2,1-3H3/p+1/b7-6+. The molecule has 0 aromatic rings. The van der Waals surface area contributed by atoms with E-state index in [1.54, 1.807) is 6.92 Å². The van der Waals surface area contributed by atoms with Crippen molar-refractivity contribution < 1.29 is 9.28 Å². The van der Waals surface area contributed by atoms with E-state index in [1.807, 2.05) is 0 Å². The van der Waals surface area contributed by atoms with E-state index in [2.05, 4.69) is 37.5 Å². The third-order valence-corrected chi connectivity index (χ3v) is 6.90. The summed E-state index contributed by atoms with van der Waals surface area (Å²) in [5, 5.41) is 2.96. The molecule has 0 spiro atoms. The highest BCUT2D eigenvalue weighted by atomic mass is 16.1. The van der Waals surface area contributed by atoms with Crippen LogP contribution in [0.1, 0.15) is 117 Å². The van der Waals surface area contributed by atoms with Crippen molar-refractivity contribution in [2.24, 2.45) is 4.99 Å². The zero-order valence-corrected chi connectivity index (χ0v) is 21.0. The fraction of sp³-hybridized carbons (Fsp3) is 0.852. The summed E-state index contributed by atoms with van der Waals surface area (Å²) in [5.41, 5.74) is 0. The lowest BCUT2D eigenvalue weighted by Gasteiger charge is -2.38. The number of hydrogen-bond donors (Lipinski definition) is 1. The summed E-state index contributed by atoms with van der Waals surface area (Å²) in [6.45, 7) is 9.95. The van der Waals surface area contributed by atoms with E-state index >= 15 is 0 Å². The summed E-state index contributed by atoms with van der Waals surface area (Å²) >= 11 is 0. The van der Waals surface area contributed by atoms with Gasteiger partial charge in [0.25, 0.3) is 0 Å². The topological polar surface area (TPSA) is 41.5 Å². The number of nitrogens with one attached hydrogen (secondary N) is 1. The molecule has 31 heavy (non-hydrogen) atoms. The number of unbranched alkanes of at least 4 members (excludes halogenated alkanes) is 12. The SMILES string of the molecule is CC/C=C/CCCCCCCCCCCCCCC1N=CC[N+]1(CC)CCNC(C)=O. The Morgan fingerprint density at radius 2 is 1.52 bits per heavy atom. The number of aliphatic imine (C=N–C) groups is 1. The van der Waals surface area contributed by atoms with Gasteiger partial charge in [0.1, 0.15) is 6.54 Å². The molecule has 2 atom stereocenters. The molecule has 0 aromatic carbocycles. The van der Waals surface area contributed by atoms with Crippen molar-refractivity contribution >= 4 is 12.1 Å². The van der Waals surface area contributed by atoms with Crippen LogP contribution in [0.2, 0.25) is 0 Å². The number of rotatable bonds is 20. The van der Waals surface area contributed by atoms with Crippen LogP contribution >= 0.6 is 0 Å². The normalized spacial score (nSPS) is 20.7. The van der Waals surface area contributed by atoms with Crippen LogP contribution in [-0.4, -0.2) is 48.9 Å². The second kappa shape index (κ2) is 18.4. The number of quaternary nitrogens is 1. The molecule has 180 valence electrons. The Bertz CT molecular complexity index is 503. The molecule has 0 radical (unpaired) electrons. The molecule has 0 aliphatic carbocycles. The van der Waals surface area contributed by atoms with E-state index in [1.165, 1.54) is 96.3 Å². The van der Waals surface area contributed by atoms with Crippen LogP contribution in [0.4, 0.5) is 0 Å². The van der Waals surface area contributed by atoms with Gasteiger partial charge >= 0.3 is 0 Å². The Labute approximate surface area is 193 Å². The molecular formula is C27H52N3O+. The fourth-order valence-corrected chi connectivity index (χ4v) is 4.78. The van der Waals surface area contributed by atoms with Gasteiger partial charge in [0.05, 0.1) is 25.8 Å².